The van der Waals surface area contributed by atoms with Gasteiger partial charge < -0.3 is 5.32 Å². The number of benzene rings is 1. The second-order valence-corrected chi connectivity index (χ2v) is 5.37. The Morgan fingerprint density at radius 2 is 1.90 bits per heavy atom. The Balaban J connectivity index is 2.32. The number of carbonyl (C=O) groups excluding carboxylic acids is 1. The molecule has 1 N–H and O–H groups in total. The molecule has 4 nitrogen and oxygen atoms in total. The fourth-order valence-electron chi connectivity index (χ4n) is 1.75. The molecule has 2 rings (SSSR count). The average Bonchev–Trinajstić information content (AvgIpc) is 2.38. The van der Waals surface area contributed by atoms with Crippen molar-refractivity contribution < 1.29 is 9.18 Å². The summed E-state index contributed by atoms with van der Waals surface area (Å²) < 4.78 is 13.7. The molecule has 0 radical (unpaired) electrons. The number of nitrogens with one attached hydrogen (secondary N) is 1. The highest BCUT2D eigenvalue weighted by Gasteiger charge is 2.13. The summed E-state index contributed by atoms with van der Waals surface area (Å²) in [6, 6.07) is 4.58. The third-order valence-corrected chi connectivity index (χ3v) is 3.47. The molecule has 0 aliphatic carbocycles. The second kappa shape index (κ2) is 5.66. The van der Waals surface area contributed by atoms with Crippen LogP contribution in [0.5, 0.6) is 0 Å². The standard InChI is InChI=1S/C14H13BrFN3O/c1-7-4-12(16)11(15)6-13(7)17-14(20)10-5-8(2)18-19-9(10)3/h4-6H,1-3H3,(H,17,20). The second-order valence-electron chi connectivity index (χ2n) is 4.52. The molecule has 1 aromatic heterocycles. The molecule has 0 aliphatic heterocycles. The summed E-state index contributed by atoms with van der Waals surface area (Å²) in [6.45, 7) is 5.21. The number of anilines is 1. The maximum atomic E-state index is 13.4. The van der Waals surface area contributed by atoms with E-state index in [1.807, 2.05) is 0 Å². The van der Waals surface area contributed by atoms with Crippen LogP contribution in [0.15, 0.2) is 22.7 Å². The molecule has 20 heavy (non-hydrogen) atoms. The Labute approximate surface area is 124 Å². The smallest absolute Gasteiger partial charge is 0.257 e. The molecule has 0 spiro atoms. The topological polar surface area (TPSA) is 54.9 Å². The Hall–Kier alpha value is -1.82. The molecule has 1 amide bonds. The van der Waals surface area contributed by atoms with Gasteiger partial charge in [-0.15, -0.1) is 0 Å². The monoisotopic (exact) mass is 337 g/mol. The number of aromatic nitrogens is 2. The number of nitrogens with zero attached hydrogens (tertiary/aromatic N) is 2. The molecule has 0 saturated heterocycles. The highest BCUT2D eigenvalue weighted by molar-refractivity contribution is 9.10. The van der Waals surface area contributed by atoms with Crippen molar-refractivity contribution in [3.8, 4) is 0 Å². The van der Waals surface area contributed by atoms with Crippen LogP contribution in [0.25, 0.3) is 0 Å². The highest BCUT2D eigenvalue weighted by Crippen LogP contribution is 2.24. The number of halogens is 2. The van der Waals surface area contributed by atoms with Gasteiger partial charge in [-0.25, -0.2) is 4.39 Å². The third kappa shape index (κ3) is 3.01. The summed E-state index contributed by atoms with van der Waals surface area (Å²) in [7, 11) is 0. The van der Waals surface area contributed by atoms with Crippen LogP contribution in [0.1, 0.15) is 27.3 Å². The van der Waals surface area contributed by atoms with E-state index in [1.54, 1.807) is 32.9 Å². The van der Waals surface area contributed by atoms with Crippen molar-refractivity contribution in [2.45, 2.75) is 20.8 Å². The van der Waals surface area contributed by atoms with Crippen molar-refractivity contribution >= 4 is 27.5 Å². The van der Waals surface area contributed by atoms with Gasteiger partial charge in [0.15, 0.2) is 0 Å². The molecule has 0 fully saturated rings. The van der Waals surface area contributed by atoms with E-state index in [-0.39, 0.29) is 11.7 Å². The van der Waals surface area contributed by atoms with Crippen LogP contribution < -0.4 is 5.32 Å². The molecule has 2 aromatic rings. The molecule has 0 atom stereocenters. The van der Waals surface area contributed by atoms with E-state index < -0.39 is 0 Å². The zero-order chi connectivity index (χ0) is 14.9. The van der Waals surface area contributed by atoms with Gasteiger partial charge in [-0.3, -0.25) is 4.79 Å². The van der Waals surface area contributed by atoms with Crippen molar-refractivity contribution in [3.63, 3.8) is 0 Å². The Kier molecular flexibility index (Phi) is 4.13. The lowest BCUT2D eigenvalue weighted by atomic mass is 10.1. The number of aryl methyl sites for hydroxylation is 3. The molecule has 0 bridgehead atoms. The maximum absolute atomic E-state index is 13.4. The fourth-order valence-corrected chi connectivity index (χ4v) is 2.09. The minimum atomic E-state index is -0.363. The lowest BCUT2D eigenvalue weighted by Crippen LogP contribution is -2.16. The minimum absolute atomic E-state index is 0.290. The molecule has 0 saturated carbocycles. The molecule has 6 heteroatoms. The van der Waals surface area contributed by atoms with Crippen molar-refractivity contribution in [1.82, 2.24) is 10.2 Å². The van der Waals surface area contributed by atoms with Gasteiger partial charge in [0.1, 0.15) is 5.82 Å². The SMILES string of the molecule is Cc1cc(C(=O)Nc2cc(Br)c(F)cc2C)c(C)nn1. The van der Waals surface area contributed by atoms with E-state index in [0.717, 1.165) is 0 Å². The van der Waals surface area contributed by atoms with Crippen LogP contribution >= 0.6 is 15.9 Å². The van der Waals surface area contributed by atoms with Crippen molar-refractivity contribution in [3.05, 3.63) is 51.0 Å². The predicted octanol–water partition coefficient (Wildman–Crippen LogP) is 3.56. The Bertz CT molecular complexity index is 688. The number of hydrogen-bond donors (Lipinski definition) is 1. The summed E-state index contributed by atoms with van der Waals surface area (Å²) in [5.41, 5.74) is 2.87. The van der Waals surface area contributed by atoms with Crippen LogP contribution in [-0.4, -0.2) is 16.1 Å². The normalized spacial score (nSPS) is 10.4. The van der Waals surface area contributed by atoms with E-state index in [1.165, 1.54) is 6.07 Å². The highest BCUT2D eigenvalue weighted by atomic mass is 79.9. The number of carbonyl (C=O) groups is 1. The lowest BCUT2D eigenvalue weighted by Gasteiger charge is -2.10. The first-order chi connectivity index (χ1) is 9.38. The largest absolute Gasteiger partial charge is 0.322 e. The number of hydrogen-bond acceptors (Lipinski definition) is 3. The summed E-state index contributed by atoms with van der Waals surface area (Å²) >= 11 is 3.10. The van der Waals surface area contributed by atoms with Crippen LogP contribution in [0, 0.1) is 26.6 Å². The molecule has 0 unspecified atom stereocenters. The summed E-state index contributed by atoms with van der Waals surface area (Å²) in [5, 5.41) is 10.6. The lowest BCUT2D eigenvalue weighted by molar-refractivity contribution is 0.102. The van der Waals surface area contributed by atoms with Crippen molar-refractivity contribution in [1.29, 1.82) is 0 Å². The molecule has 0 aliphatic rings. The zero-order valence-corrected chi connectivity index (χ0v) is 12.9. The van der Waals surface area contributed by atoms with Gasteiger partial charge in [-0.1, -0.05) is 0 Å². The van der Waals surface area contributed by atoms with Gasteiger partial charge in [0.2, 0.25) is 0 Å². The predicted molar refractivity (Wildman–Crippen MR) is 78.3 cm³/mol. The van der Waals surface area contributed by atoms with Crippen LogP contribution in [0.4, 0.5) is 10.1 Å². The zero-order valence-electron chi connectivity index (χ0n) is 11.3. The van der Waals surface area contributed by atoms with Gasteiger partial charge in [-0.05, 0) is 60.5 Å². The molecule has 1 aromatic carbocycles. The Morgan fingerprint density at radius 3 is 2.60 bits per heavy atom. The van der Waals surface area contributed by atoms with Crippen LogP contribution in [0.2, 0.25) is 0 Å². The third-order valence-electron chi connectivity index (χ3n) is 2.86. The van der Waals surface area contributed by atoms with Crippen LogP contribution in [0.3, 0.4) is 0 Å². The van der Waals surface area contributed by atoms with Crippen molar-refractivity contribution in [2.24, 2.45) is 0 Å². The minimum Gasteiger partial charge on any atom is -0.322 e. The van der Waals surface area contributed by atoms with Crippen LogP contribution in [-0.2, 0) is 0 Å². The Morgan fingerprint density at radius 1 is 1.20 bits per heavy atom. The summed E-state index contributed by atoms with van der Waals surface area (Å²) in [4.78, 5) is 12.2. The maximum Gasteiger partial charge on any atom is 0.257 e. The first-order valence-electron chi connectivity index (χ1n) is 5.96. The quantitative estimate of drug-likeness (QED) is 0.911. The molecular formula is C14H13BrFN3O. The molecular weight excluding hydrogens is 325 g/mol. The van der Waals surface area contributed by atoms with Gasteiger partial charge in [0.05, 0.1) is 21.4 Å². The summed E-state index contributed by atoms with van der Waals surface area (Å²) in [6.07, 6.45) is 0. The number of rotatable bonds is 2. The van der Waals surface area contributed by atoms with E-state index >= 15 is 0 Å². The van der Waals surface area contributed by atoms with E-state index in [9.17, 15) is 9.18 Å². The van der Waals surface area contributed by atoms with Gasteiger partial charge in [0.25, 0.3) is 5.91 Å². The summed E-state index contributed by atoms with van der Waals surface area (Å²) in [5.74, 6) is -0.653. The fraction of sp³-hybridized carbons (Fsp3) is 0.214. The average molecular weight is 338 g/mol. The van der Waals surface area contributed by atoms with E-state index in [4.69, 9.17) is 0 Å². The van der Waals surface area contributed by atoms with E-state index in [2.05, 4.69) is 31.4 Å². The number of amides is 1. The van der Waals surface area contributed by atoms with Gasteiger partial charge in [-0.2, -0.15) is 10.2 Å². The van der Waals surface area contributed by atoms with Gasteiger partial charge in [0, 0.05) is 5.69 Å². The van der Waals surface area contributed by atoms with Gasteiger partial charge >= 0.3 is 0 Å². The first kappa shape index (κ1) is 14.6. The molecule has 104 valence electrons. The van der Waals surface area contributed by atoms with E-state index in [0.29, 0.717) is 32.7 Å². The first-order valence-corrected chi connectivity index (χ1v) is 6.75. The molecule has 1 heterocycles. The van der Waals surface area contributed by atoms with Crippen molar-refractivity contribution in [2.75, 3.05) is 5.32 Å².